The summed E-state index contributed by atoms with van der Waals surface area (Å²) in [6.45, 7) is 0.385. The molecule has 3 amide bonds. The Labute approximate surface area is 144 Å². The standard InChI is InChI=1S/C18H17N3O4/c19-18(25)20-9-11-5-7-12(8-6-11)16(22)21-10-14(17(23)24)13-3-1-2-4-15(13)21/h1-8,14H,9-10H2,(H,23,24)(H3,19,20,25). The molecule has 0 radical (unpaired) electrons. The monoisotopic (exact) mass is 339 g/mol. The molecule has 0 saturated heterocycles. The van der Waals surface area contributed by atoms with Crippen LogP contribution >= 0.6 is 0 Å². The summed E-state index contributed by atoms with van der Waals surface area (Å²) in [5.74, 6) is -1.93. The highest BCUT2D eigenvalue weighted by molar-refractivity contribution is 6.08. The van der Waals surface area contributed by atoms with Gasteiger partial charge < -0.3 is 21.1 Å². The number of benzene rings is 2. The molecule has 1 heterocycles. The highest BCUT2D eigenvalue weighted by atomic mass is 16.4. The molecule has 1 aliphatic heterocycles. The van der Waals surface area contributed by atoms with E-state index in [1.165, 1.54) is 4.90 Å². The van der Waals surface area contributed by atoms with E-state index >= 15 is 0 Å². The van der Waals surface area contributed by atoms with Crippen molar-refractivity contribution in [3.63, 3.8) is 0 Å². The Bertz CT molecular complexity index is 832. The number of carbonyl (C=O) groups excluding carboxylic acids is 2. The summed E-state index contributed by atoms with van der Waals surface area (Å²) in [5.41, 5.74) is 7.55. The molecular formula is C18H17N3O4. The topological polar surface area (TPSA) is 113 Å². The first-order valence-electron chi connectivity index (χ1n) is 7.73. The van der Waals surface area contributed by atoms with Crippen LogP contribution in [0.15, 0.2) is 48.5 Å². The number of aliphatic carboxylic acids is 1. The van der Waals surface area contributed by atoms with Gasteiger partial charge in [0, 0.05) is 24.3 Å². The van der Waals surface area contributed by atoms with Crippen molar-refractivity contribution in [1.82, 2.24) is 5.32 Å². The number of carbonyl (C=O) groups is 3. The summed E-state index contributed by atoms with van der Waals surface area (Å²) in [5, 5.41) is 11.9. The molecule has 25 heavy (non-hydrogen) atoms. The molecule has 7 nitrogen and oxygen atoms in total. The smallest absolute Gasteiger partial charge is 0.312 e. The SMILES string of the molecule is NC(=O)NCc1ccc(C(=O)N2CC(C(=O)O)c3ccccc32)cc1. The third kappa shape index (κ3) is 3.30. The minimum Gasteiger partial charge on any atom is -0.481 e. The molecule has 0 aliphatic carbocycles. The van der Waals surface area contributed by atoms with Crippen LogP contribution in [0.4, 0.5) is 10.5 Å². The van der Waals surface area contributed by atoms with Crippen molar-refractivity contribution in [2.24, 2.45) is 5.73 Å². The molecule has 0 fully saturated rings. The highest BCUT2D eigenvalue weighted by Gasteiger charge is 2.36. The fourth-order valence-electron chi connectivity index (χ4n) is 2.92. The number of nitrogens with one attached hydrogen (secondary N) is 1. The Morgan fingerprint density at radius 3 is 2.44 bits per heavy atom. The van der Waals surface area contributed by atoms with Gasteiger partial charge in [0.1, 0.15) is 5.92 Å². The van der Waals surface area contributed by atoms with Crippen molar-refractivity contribution in [3.8, 4) is 0 Å². The lowest BCUT2D eigenvalue weighted by Crippen LogP contribution is -2.31. The van der Waals surface area contributed by atoms with Crippen molar-refractivity contribution in [2.75, 3.05) is 11.4 Å². The fourth-order valence-corrected chi connectivity index (χ4v) is 2.92. The van der Waals surface area contributed by atoms with Gasteiger partial charge in [0.05, 0.1) is 0 Å². The Balaban J connectivity index is 1.82. The number of para-hydroxylation sites is 1. The summed E-state index contributed by atoms with van der Waals surface area (Å²) in [7, 11) is 0. The summed E-state index contributed by atoms with van der Waals surface area (Å²) in [6.07, 6.45) is 0. The zero-order chi connectivity index (χ0) is 18.0. The van der Waals surface area contributed by atoms with E-state index in [9.17, 15) is 19.5 Å². The molecule has 128 valence electrons. The van der Waals surface area contributed by atoms with Crippen molar-refractivity contribution in [1.29, 1.82) is 0 Å². The van der Waals surface area contributed by atoms with E-state index < -0.39 is 17.9 Å². The maximum absolute atomic E-state index is 12.8. The van der Waals surface area contributed by atoms with Crippen LogP contribution in [0.1, 0.15) is 27.4 Å². The summed E-state index contributed by atoms with van der Waals surface area (Å²) >= 11 is 0. The Morgan fingerprint density at radius 1 is 1.12 bits per heavy atom. The number of anilines is 1. The second-order valence-electron chi connectivity index (χ2n) is 5.78. The van der Waals surface area contributed by atoms with Crippen LogP contribution in [0.2, 0.25) is 0 Å². The number of carboxylic acid groups (broad SMARTS) is 1. The summed E-state index contributed by atoms with van der Waals surface area (Å²) in [4.78, 5) is 36.5. The third-order valence-corrected chi connectivity index (χ3v) is 4.18. The fraction of sp³-hybridized carbons (Fsp3) is 0.167. The number of hydrogen-bond acceptors (Lipinski definition) is 3. The van der Waals surface area contributed by atoms with Gasteiger partial charge in [-0.15, -0.1) is 0 Å². The van der Waals surface area contributed by atoms with E-state index in [1.807, 2.05) is 0 Å². The Hall–Kier alpha value is -3.35. The van der Waals surface area contributed by atoms with Gasteiger partial charge >= 0.3 is 12.0 Å². The van der Waals surface area contributed by atoms with Gasteiger partial charge in [-0.2, -0.15) is 0 Å². The molecule has 2 aromatic rings. The summed E-state index contributed by atoms with van der Waals surface area (Å²) < 4.78 is 0. The minimum absolute atomic E-state index is 0.110. The lowest BCUT2D eigenvalue weighted by atomic mass is 10.0. The van der Waals surface area contributed by atoms with Gasteiger partial charge in [-0.3, -0.25) is 9.59 Å². The van der Waals surface area contributed by atoms with Gasteiger partial charge in [0.25, 0.3) is 5.91 Å². The molecule has 1 atom stereocenters. The first kappa shape index (κ1) is 16.5. The van der Waals surface area contributed by atoms with Crippen molar-refractivity contribution < 1.29 is 19.5 Å². The van der Waals surface area contributed by atoms with Crippen molar-refractivity contribution in [3.05, 3.63) is 65.2 Å². The number of fused-ring (bicyclic) bond motifs is 1. The van der Waals surface area contributed by atoms with E-state index in [4.69, 9.17) is 5.73 Å². The predicted octanol–water partition coefficient (Wildman–Crippen LogP) is 1.68. The van der Waals surface area contributed by atoms with Crippen LogP contribution in [-0.2, 0) is 11.3 Å². The van der Waals surface area contributed by atoms with E-state index in [0.29, 0.717) is 16.8 Å². The number of hydrogen-bond donors (Lipinski definition) is 3. The largest absolute Gasteiger partial charge is 0.481 e. The van der Waals surface area contributed by atoms with Crippen LogP contribution in [0.3, 0.4) is 0 Å². The van der Waals surface area contributed by atoms with Crippen LogP contribution in [0.25, 0.3) is 0 Å². The number of urea groups is 1. The van der Waals surface area contributed by atoms with E-state index in [1.54, 1.807) is 48.5 Å². The maximum Gasteiger partial charge on any atom is 0.312 e. The van der Waals surface area contributed by atoms with E-state index in [2.05, 4.69) is 5.32 Å². The zero-order valence-electron chi connectivity index (χ0n) is 13.3. The Kier molecular flexibility index (Phi) is 4.38. The van der Waals surface area contributed by atoms with Gasteiger partial charge in [-0.1, -0.05) is 30.3 Å². The highest BCUT2D eigenvalue weighted by Crippen LogP contribution is 2.37. The number of rotatable bonds is 4. The number of primary amides is 1. The number of nitrogens with zero attached hydrogens (tertiary/aromatic N) is 1. The average Bonchev–Trinajstić information content (AvgIpc) is 3.00. The lowest BCUT2D eigenvalue weighted by molar-refractivity contribution is -0.138. The van der Waals surface area contributed by atoms with Crippen LogP contribution in [-0.4, -0.2) is 29.6 Å². The van der Waals surface area contributed by atoms with Gasteiger partial charge in [0.2, 0.25) is 0 Å². The molecule has 0 saturated carbocycles. The van der Waals surface area contributed by atoms with Crippen molar-refractivity contribution in [2.45, 2.75) is 12.5 Å². The second kappa shape index (κ2) is 6.64. The molecular weight excluding hydrogens is 322 g/mol. The molecule has 7 heteroatoms. The van der Waals surface area contributed by atoms with Gasteiger partial charge in [0.15, 0.2) is 0 Å². The van der Waals surface area contributed by atoms with Crippen LogP contribution in [0.5, 0.6) is 0 Å². The van der Waals surface area contributed by atoms with Crippen LogP contribution < -0.4 is 16.0 Å². The molecule has 0 bridgehead atoms. The van der Waals surface area contributed by atoms with Crippen molar-refractivity contribution >= 4 is 23.6 Å². The predicted molar refractivity (Wildman–Crippen MR) is 91.4 cm³/mol. The second-order valence-corrected chi connectivity index (χ2v) is 5.78. The zero-order valence-corrected chi connectivity index (χ0v) is 13.3. The normalized spacial score (nSPS) is 15.5. The molecule has 3 rings (SSSR count). The summed E-state index contributed by atoms with van der Waals surface area (Å²) in [6, 6.07) is 13.2. The Morgan fingerprint density at radius 2 is 1.80 bits per heavy atom. The first-order chi connectivity index (χ1) is 12.0. The quantitative estimate of drug-likeness (QED) is 0.786. The molecule has 1 aliphatic rings. The molecule has 1 unspecified atom stereocenters. The molecule has 4 N–H and O–H groups in total. The number of carboxylic acids is 1. The lowest BCUT2D eigenvalue weighted by Gasteiger charge is -2.17. The molecule has 0 aromatic heterocycles. The molecule has 0 spiro atoms. The number of nitrogens with two attached hydrogens (primary N) is 1. The first-order valence-corrected chi connectivity index (χ1v) is 7.73. The maximum atomic E-state index is 12.8. The minimum atomic E-state index is -0.948. The average molecular weight is 339 g/mol. The van der Waals surface area contributed by atoms with Gasteiger partial charge in [-0.25, -0.2) is 4.79 Å². The van der Waals surface area contributed by atoms with Crippen LogP contribution in [0, 0.1) is 0 Å². The van der Waals surface area contributed by atoms with E-state index in [-0.39, 0.29) is 19.0 Å². The van der Waals surface area contributed by atoms with Gasteiger partial charge in [-0.05, 0) is 29.3 Å². The van der Waals surface area contributed by atoms with E-state index in [0.717, 1.165) is 5.56 Å². The third-order valence-electron chi connectivity index (χ3n) is 4.18. The number of amides is 3. The molecule has 2 aromatic carbocycles.